The highest BCUT2D eigenvalue weighted by Gasteiger charge is 2.45. The highest BCUT2D eigenvalue weighted by Crippen LogP contribution is 2.22. The molecule has 0 unspecified atom stereocenters. The Bertz CT molecular complexity index is 602. The number of esters is 1. The van der Waals surface area contributed by atoms with Crippen molar-refractivity contribution in [3.05, 3.63) is 29.6 Å². The lowest BCUT2D eigenvalue weighted by molar-refractivity contribution is -0.00946. The Morgan fingerprint density at radius 1 is 1.42 bits per heavy atom. The van der Waals surface area contributed by atoms with E-state index in [0.29, 0.717) is 6.07 Å². The van der Waals surface area contributed by atoms with E-state index in [9.17, 15) is 26.4 Å². The van der Waals surface area contributed by atoms with Gasteiger partial charge in [0, 0.05) is 5.69 Å². The molecule has 0 aliphatic rings. The summed E-state index contributed by atoms with van der Waals surface area (Å²) in [5.41, 5.74) is 4.52. The summed E-state index contributed by atoms with van der Waals surface area (Å²) in [7, 11) is -5.71. The van der Waals surface area contributed by atoms with Crippen LogP contribution in [0.4, 0.5) is 18.9 Å². The first-order valence-electron chi connectivity index (χ1n) is 4.61. The molecule has 6 nitrogen and oxygen atoms in total. The van der Waals surface area contributed by atoms with Gasteiger partial charge in [-0.15, -0.1) is 0 Å². The molecule has 19 heavy (non-hydrogen) atoms. The molecule has 10 heteroatoms. The van der Waals surface area contributed by atoms with Crippen LogP contribution in [0.5, 0.6) is 0 Å². The van der Waals surface area contributed by atoms with Gasteiger partial charge in [-0.25, -0.2) is 9.18 Å². The number of hydrogen-bond donors (Lipinski definition) is 2. The molecule has 0 aliphatic carbocycles. The maximum atomic E-state index is 12.8. The van der Waals surface area contributed by atoms with Crippen LogP contribution in [0.3, 0.4) is 0 Å². The Hall–Kier alpha value is -1.81. The quantitative estimate of drug-likeness (QED) is 0.489. The summed E-state index contributed by atoms with van der Waals surface area (Å²) in [6.07, 6.45) is 0. The lowest BCUT2D eigenvalue weighted by atomic mass is 10.2. The zero-order chi connectivity index (χ0) is 14.8. The normalized spacial score (nSPS) is 12.2. The minimum Gasteiger partial charge on any atom is -0.454 e. The SMILES string of the molecule is Nc1ccc(F)cc1C(=O)OCC(F)(F)S(=O)(=O)O. The fraction of sp³-hybridized carbons (Fsp3) is 0.222. The molecule has 0 aliphatic heterocycles. The Labute approximate surface area is 105 Å². The molecule has 0 amide bonds. The summed E-state index contributed by atoms with van der Waals surface area (Å²) in [5.74, 6) is -2.30. The summed E-state index contributed by atoms with van der Waals surface area (Å²) in [6, 6.07) is 2.58. The number of ether oxygens (including phenoxy) is 1. The topological polar surface area (TPSA) is 107 Å². The average molecular weight is 299 g/mol. The van der Waals surface area contributed by atoms with E-state index in [1.165, 1.54) is 0 Å². The van der Waals surface area contributed by atoms with Crippen LogP contribution in [0.1, 0.15) is 10.4 Å². The minimum absolute atomic E-state index is 0.235. The molecule has 1 rings (SSSR count). The lowest BCUT2D eigenvalue weighted by Crippen LogP contribution is -2.34. The molecule has 0 spiro atoms. The van der Waals surface area contributed by atoms with Gasteiger partial charge >= 0.3 is 21.3 Å². The van der Waals surface area contributed by atoms with Gasteiger partial charge in [0.15, 0.2) is 6.61 Å². The molecule has 1 aromatic carbocycles. The Morgan fingerprint density at radius 3 is 2.53 bits per heavy atom. The number of hydrogen-bond acceptors (Lipinski definition) is 5. The smallest absolute Gasteiger partial charge is 0.402 e. The zero-order valence-electron chi connectivity index (χ0n) is 9.14. The van der Waals surface area contributed by atoms with Gasteiger partial charge < -0.3 is 10.5 Å². The maximum Gasteiger partial charge on any atom is 0.402 e. The van der Waals surface area contributed by atoms with Crippen molar-refractivity contribution < 1.29 is 35.7 Å². The number of rotatable bonds is 4. The predicted molar refractivity (Wildman–Crippen MR) is 57.6 cm³/mol. The van der Waals surface area contributed by atoms with Gasteiger partial charge in [0.2, 0.25) is 0 Å². The van der Waals surface area contributed by atoms with Gasteiger partial charge in [-0.05, 0) is 18.2 Å². The highest BCUT2D eigenvalue weighted by molar-refractivity contribution is 7.86. The first kappa shape index (κ1) is 15.2. The third kappa shape index (κ3) is 3.58. The Morgan fingerprint density at radius 2 is 2.00 bits per heavy atom. The summed E-state index contributed by atoms with van der Waals surface area (Å²) in [4.78, 5) is 11.3. The van der Waals surface area contributed by atoms with Gasteiger partial charge in [0.25, 0.3) is 0 Å². The van der Waals surface area contributed by atoms with E-state index < -0.39 is 39.3 Å². The van der Waals surface area contributed by atoms with Crippen molar-refractivity contribution in [3.8, 4) is 0 Å². The molecule has 1 aromatic rings. The molecular weight excluding hydrogens is 291 g/mol. The van der Waals surface area contributed by atoms with Gasteiger partial charge in [-0.1, -0.05) is 0 Å². The highest BCUT2D eigenvalue weighted by atomic mass is 32.2. The monoisotopic (exact) mass is 299 g/mol. The minimum atomic E-state index is -5.71. The number of halogens is 3. The number of benzene rings is 1. The standard InChI is InChI=1S/C9H8F3NO5S/c10-5-1-2-7(13)6(3-5)8(14)18-4-9(11,12)19(15,16)17/h1-3H,4,13H2,(H,15,16,17). The Kier molecular flexibility index (Phi) is 4.06. The summed E-state index contributed by atoms with van der Waals surface area (Å²) in [5, 5.41) is -4.66. The van der Waals surface area contributed by atoms with Crippen molar-refractivity contribution in [3.63, 3.8) is 0 Å². The van der Waals surface area contributed by atoms with Gasteiger partial charge in [-0.3, -0.25) is 4.55 Å². The average Bonchev–Trinajstić information content (AvgIpc) is 2.28. The van der Waals surface area contributed by atoms with Crippen LogP contribution in [0.15, 0.2) is 18.2 Å². The molecule has 106 valence electrons. The van der Waals surface area contributed by atoms with Crippen LogP contribution >= 0.6 is 0 Å². The molecule has 0 atom stereocenters. The third-order valence-corrected chi connectivity index (χ3v) is 2.86. The van der Waals surface area contributed by atoms with Crippen molar-refractivity contribution in [2.45, 2.75) is 5.25 Å². The second-order valence-corrected chi connectivity index (χ2v) is 4.97. The van der Waals surface area contributed by atoms with E-state index in [4.69, 9.17) is 10.3 Å². The third-order valence-electron chi connectivity index (χ3n) is 1.98. The first-order valence-corrected chi connectivity index (χ1v) is 6.05. The number of nitrogens with two attached hydrogens (primary N) is 1. The lowest BCUT2D eigenvalue weighted by Gasteiger charge is -2.13. The predicted octanol–water partition coefficient (Wildman–Crippen LogP) is 1.05. The van der Waals surface area contributed by atoms with Gasteiger partial charge in [0.1, 0.15) is 5.82 Å². The molecule has 0 heterocycles. The van der Waals surface area contributed by atoms with E-state index in [2.05, 4.69) is 4.74 Å². The number of nitrogen functional groups attached to an aromatic ring is 1. The number of carbonyl (C=O) groups is 1. The number of carbonyl (C=O) groups excluding carboxylic acids is 1. The van der Waals surface area contributed by atoms with Crippen molar-refractivity contribution in [1.29, 1.82) is 0 Å². The van der Waals surface area contributed by atoms with Crippen molar-refractivity contribution >= 4 is 21.8 Å². The molecular formula is C9H8F3NO5S. The summed E-state index contributed by atoms with van der Waals surface area (Å²) in [6.45, 7) is -1.92. The molecule has 0 aromatic heterocycles. The van der Waals surface area contributed by atoms with Gasteiger partial charge in [-0.2, -0.15) is 17.2 Å². The molecule has 0 fully saturated rings. The largest absolute Gasteiger partial charge is 0.454 e. The Balaban J connectivity index is 2.85. The van der Waals surface area contributed by atoms with E-state index in [-0.39, 0.29) is 5.69 Å². The zero-order valence-corrected chi connectivity index (χ0v) is 9.96. The second-order valence-electron chi connectivity index (χ2n) is 3.42. The summed E-state index contributed by atoms with van der Waals surface area (Å²) >= 11 is 0. The first-order chi connectivity index (χ1) is 8.54. The van der Waals surface area contributed by atoms with Crippen molar-refractivity contribution in [2.75, 3.05) is 12.3 Å². The van der Waals surface area contributed by atoms with Crippen LogP contribution in [0.2, 0.25) is 0 Å². The second kappa shape index (κ2) is 5.05. The van der Waals surface area contributed by atoms with Crippen LogP contribution in [-0.4, -0.2) is 30.8 Å². The molecule has 0 saturated carbocycles. The number of alkyl halides is 2. The van der Waals surface area contributed by atoms with E-state index in [0.717, 1.165) is 12.1 Å². The van der Waals surface area contributed by atoms with Crippen molar-refractivity contribution in [2.24, 2.45) is 0 Å². The van der Waals surface area contributed by atoms with Crippen molar-refractivity contribution in [1.82, 2.24) is 0 Å². The van der Waals surface area contributed by atoms with Gasteiger partial charge in [0.05, 0.1) is 5.56 Å². The molecule has 0 radical (unpaired) electrons. The summed E-state index contributed by atoms with van der Waals surface area (Å²) < 4.78 is 71.0. The number of anilines is 1. The van der Waals surface area contributed by atoms with Crippen LogP contribution in [-0.2, 0) is 14.9 Å². The van der Waals surface area contributed by atoms with E-state index in [1.807, 2.05) is 0 Å². The fourth-order valence-corrected chi connectivity index (χ4v) is 1.21. The van der Waals surface area contributed by atoms with Crippen LogP contribution in [0.25, 0.3) is 0 Å². The van der Waals surface area contributed by atoms with E-state index >= 15 is 0 Å². The maximum absolute atomic E-state index is 12.8. The molecule has 0 bridgehead atoms. The van der Waals surface area contributed by atoms with Crippen LogP contribution < -0.4 is 5.73 Å². The molecule has 3 N–H and O–H groups in total. The van der Waals surface area contributed by atoms with E-state index in [1.54, 1.807) is 0 Å². The van der Waals surface area contributed by atoms with Crippen LogP contribution in [0, 0.1) is 5.82 Å². The molecule has 0 saturated heterocycles. The fourth-order valence-electron chi connectivity index (χ4n) is 1.01.